The van der Waals surface area contributed by atoms with Gasteiger partial charge in [-0.3, -0.25) is 0 Å². The molecule has 0 unspecified atom stereocenters. The van der Waals surface area contributed by atoms with Crippen molar-refractivity contribution in [2.45, 2.75) is 5.88 Å². The molecule has 5 heteroatoms. The lowest BCUT2D eigenvalue weighted by Gasteiger charge is -2.12. The summed E-state index contributed by atoms with van der Waals surface area (Å²) in [5, 5.41) is 0.542. The third-order valence-corrected chi connectivity index (χ3v) is 3.56. The topological polar surface area (TPSA) is 9.23 Å². The van der Waals surface area contributed by atoms with Crippen molar-refractivity contribution in [3.05, 3.63) is 57.3 Å². The van der Waals surface area contributed by atoms with Gasteiger partial charge in [-0.1, -0.05) is 17.7 Å². The predicted octanol–water partition coefficient (Wildman–Crippen LogP) is 5.77. The number of hydrogen-bond acceptors (Lipinski definition) is 1. The smallest absolute Gasteiger partial charge is 0.141 e. The van der Waals surface area contributed by atoms with E-state index >= 15 is 0 Å². The fraction of sp³-hybridized carbons (Fsp3) is 0.0769. The Balaban J connectivity index is 2.37. The van der Waals surface area contributed by atoms with Gasteiger partial charge in [-0.25, -0.2) is 4.39 Å². The average molecular weight is 350 g/mol. The maximum Gasteiger partial charge on any atom is 0.141 e. The summed E-state index contributed by atoms with van der Waals surface area (Å²) in [6.45, 7) is 0. The first-order valence-corrected chi connectivity index (χ1v) is 6.78. The van der Waals surface area contributed by atoms with Gasteiger partial charge >= 0.3 is 0 Å². The zero-order valence-corrected chi connectivity index (χ0v) is 12.2. The first-order chi connectivity index (χ1) is 8.61. The van der Waals surface area contributed by atoms with Crippen molar-refractivity contribution >= 4 is 39.1 Å². The fourth-order valence-electron chi connectivity index (χ4n) is 1.44. The van der Waals surface area contributed by atoms with Gasteiger partial charge in [0.25, 0.3) is 0 Å². The van der Waals surface area contributed by atoms with Gasteiger partial charge in [-0.2, -0.15) is 0 Å². The Morgan fingerprint density at radius 3 is 2.61 bits per heavy atom. The van der Waals surface area contributed by atoms with Crippen LogP contribution in [0.5, 0.6) is 11.5 Å². The van der Waals surface area contributed by atoms with Crippen LogP contribution in [0, 0.1) is 5.82 Å². The molecule has 0 aliphatic rings. The van der Waals surface area contributed by atoms with Crippen molar-refractivity contribution in [3.8, 4) is 11.5 Å². The van der Waals surface area contributed by atoms with Gasteiger partial charge < -0.3 is 4.74 Å². The second kappa shape index (κ2) is 5.91. The van der Waals surface area contributed by atoms with Crippen LogP contribution in [0.2, 0.25) is 5.02 Å². The molecule has 18 heavy (non-hydrogen) atoms. The highest BCUT2D eigenvalue weighted by molar-refractivity contribution is 9.10. The van der Waals surface area contributed by atoms with Crippen molar-refractivity contribution in [3.63, 3.8) is 0 Å². The van der Waals surface area contributed by atoms with Crippen molar-refractivity contribution in [1.29, 1.82) is 0 Å². The summed E-state index contributed by atoms with van der Waals surface area (Å²) in [7, 11) is 0. The quantitative estimate of drug-likeness (QED) is 0.639. The molecule has 1 nitrogen and oxygen atoms in total. The number of hydrogen-bond donors (Lipinski definition) is 0. The van der Waals surface area contributed by atoms with E-state index in [1.165, 1.54) is 12.1 Å². The van der Waals surface area contributed by atoms with Gasteiger partial charge in [-0.15, -0.1) is 11.6 Å². The molecule has 0 aromatic heterocycles. The lowest BCUT2D eigenvalue weighted by Crippen LogP contribution is -1.91. The maximum atomic E-state index is 13.0. The van der Waals surface area contributed by atoms with E-state index in [1.807, 2.05) is 0 Å². The Kier molecular flexibility index (Phi) is 4.49. The molecule has 0 N–H and O–H groups in total. The van der Waals surface area contributed by atoms with E-state index < -0.39 is 0 Å². The van der Waals surface area contributed by atoms with E-state index in [9.17, 15) is 4.39 Å². The van der Waals surface area contributed by atoms with Crippen LogP contribution in [0.25, 0.3) is 0 Å². The number of halogens is 4. The molecular formula is C13H8BrCl2FO. The monoisotopic (exact) mass is 348 g/mol. The molecule has 0 heterocycles. The lowest BCUT2D eigenvalue weighted by molar-refractivity contribution is 0.473. The Labute approximate surface area is 123 Å². The predicted molar refractivity (Wildman–Crippen MR) is 75.2 cm³/mol. The van der Waals surface area contributed by atoms with Gasteiger partial charge in [0.05, 0.1) is 10.4 Å². The van der Waals surface area contributed by atoms with E-state index in [0.29, 0.717) is 26.6 Å². The van der Waals surface area contributed by atoms with Crippen LogP contribution in [-0.4, -0.2) is 0 Å². The van der Waals surface area contributed by atoms with Crippen LogP contribution in [-0.2, 0) is 5.88 Å². The Morgan fingerprint density at radius 2 is 1.94 bits per heavy atom. The molecule has 0 spiro atoms. The van der Waals surface area contributed by atoms with E-state index in [4.69, 9.17) is 27.9 Å². The zero-order chi connectivity index (χ0) is 13.1. The second-order valence-corrected chi connectivity index (χ2v) is 5.06. The van der Waals surface area contributed by atoms with Crippen molar-refractivity contribution < 1.29 is 9.13 Å². The largest absolute Gasteiger partial charge is 0.456 e. The van der Waals surface area contributed by atoms with Crippen LogP contribution in [0.15, 0.2) is 40.9 Å². The van der Waals surface area contributed by atoms with Crippen LogP contribution in [0.4, 0.5) is 4.39 Å². The maximum absolute atomic E-state index is 13.0. The lowest BCUT2D eigenvalue weighted by atomic mass is 10.2. The highest BCUT2D eigenvalue weighted by Gasteiger charge is 2.10. The van der Waals surface area contributed by atoms with Gasteiger partial charge in [0.2, 0.25) is 0 Å². The molecule has 0 saturated heterocycles. The molecule has 0 aliphatic heterocycles. The normalized spacial score (nSPS) is 10.4. The summed E-state index contributed by atoms with van der Waals surface area (Å²) in [6, 6.07) is 9.47. The SMILES string of the molecule is Fc1ccc(Oc2cccc(Cl)c2CCl)c(Br)c1. The van der Waals surface area contributed by atoms with Crippen molar-refractivity contribution in [2.24, 2.45) is 0 Å². The van der Waals surface area contributed by atoms with Crippen LogP contribution < -0.4 is 4.74 Å². The van der Waals surface area contributed by atoms with E-state index in [2.05, 4.69) is 15.9 Å². The van der Waals surface area contributed by atoms with E-state index in [0.717, 1.165) is 0 Å². The number of rotatable bonds is 3. The summed E-state index contributed by atoms with van der Waals surface area (Å²) < 4.78 is 19.2. The van der Waals surface area contributed by atoms with Crippen LogP contribution >= 0.6 is 39.1 Å². The van der Waals surface area contributed by atoms with Gasteiger partial charge in [0, 0.05) is 10.6 Å². The molecule has 0 amide bonds. The summed E-state index contributed by atoms with van der Waals surface area (Å²) in [6.07, 6.45) is 0. The van der Waals surface area contributed by atoms with Crippen LogP contribution in [0.3, 0.4) is 0 Å². The van der Waals surface area contributed by atoms with E-state index in [1.54, 1.807) is 24.3 Å². The summed E-state index contributed by atoms with van der Waals surface area (Å²) in [4.78, 5) is 0. The highest BCUT2D eigenvalue weighted by atomic mass is 79.9. The summed E-state index contributed by atoms with van der Waals surface area (Å²) in [5.41, 5.74) is 0.706. The summed E-state index contributed by atoms with van der Waals surface area (Å²) in [5.74, 6) is 0.973. The minimum atomic E-state index is -0.335. The standard InChI is InChI=1S/C13H8BrCl2FO/c14-10-6-8(17)4-5-13(10)18-12-3-1-2-11(16)9(12)7-15/h1-6H,7H2. The summed E-state index contributed by atoms with van der Waals surface area (Å²) >= 11 is 15.1. The Hall–Kier alpha value is -0.770. The van der Waals surface area contributed by atoms with Crippen LogP contribution in [0.1, 0.15) is 5.56 Å². The molecule has 0 fully saturated rings. The second-order valence-electron chi connectivity index (χ2n) is 3.53. The molecule has 0 saturated carbocycles. The van der Waals surface area contributed by atoms with Gasteiger partial charge in [0.15, 0.2) is 0 Å². The first kappa shape index (κ1) is 13.7. The first-order valence-electron chi connectivity index (χ1n) is 5.08. The molecule has 0 atom stereocenters. The third kappa shape index (κ3) is 2.97. The molecule has 2 rings (SSSR count). The highest BCUT2D eigenvalue weighted by Crippen LogP contribution is 2.35. The number of ether oxygens (including phenoxy) is 1. The minimum Gasteiger partial charge on any atom is -0.456 e. The number of benzene rings is 2. The average Bonchev–Trinajstić information content (AvgIpc) is 2.33. The molecule has 0 radical (unpaired) electrons. The van der Waals surface area contributed by atoms with E-state index in [-0.39, 0.29) is 11.7 Å². The molecular weight excluding hydrogens is 342 g/mol. The van der Waals surface area contributed by atoms with Crippen molar-refractivity contribution in [2.75, 3.05) is 0 Å². The van der Waals surface area contributed by atoms with Crippen molar-refractivity contribution in [1.82, 2.24) is 0 Å². The van der Waals surface area contributed by atoms with Gasteiger partial charge in [0.1, 0.15) is 17.3 Å². The molecule has 94 valence electrons. The third-order valence-electron chi connectivity index (χ3n) is 2.32. The minimum absolute atomic E-state index is 0.244. The molecule has 0 bridgehead atoms. The molecule has 0 aliphatic carbocycles. The van der Waals surface area contributed by atoms with Gasteiger partial charge in [-0.05, 0) is 46.3 Å². The zero-order valence-electron chi connectivity index (χ0n) is 9.09. The number of alkyl halides is 1. The fourth-order valence-corrected chi connectivity index (χ4v) is 2.45. The Morgan fingerprint density at radius 1 is 1.17 bits per heavy atom. The molecule has 2 aromatic carbocycles. The molecule has 2 aromatic rings. The Bertz CT molecular complexity index is 575.